The van der Waals surface area contributed by atoms with Crippen molar-refractivity contribution in [1.82, 2.24) is 4.90 Å². The summed E-state index contributed by atoms with van der Waals surface area (Å²) in [7, 11) is 0. The number of esters is 2. The Morgan fingerprint density at radius 1 is 0.854 bits per heavy atom. The molecule has 5 aliphatic carbocycles. The van der Waals surface area contributed by atoms with Crippen molar-refractivity contribution in [2.75, 3.05) is 19.7 Å². The van der Waals surface area contributed by atoms with Crippen molar-refractivity contribution in [2.24, 2.45) is 56.2 Å². The van der Waals surface area contributed by atoms with Gasteiger partial charge < -0.3 is 9.47 Å². The second kappa shape index (κ2) is 11.7. The van der Waals surface area contributed by atoms with E-state index in [2.05, 4.69) is 59.4 Å². The number of hydrogen-bond donors (Lipinski definition) is 0. The lowest BCUT2D eigenvalue weighted by atomic mass is 9.33. The first-order valence-electron chi connectivity index (χ1n) is 19.8. The Hall–Kier alpha value is -1.69. The molecule has 0 bridgehead atoms. The van der Waals surface area contributed by atoms with Crippen LogP contribution in [0.1, 0.15) is 145 Å². The van der Waals surface area contributed by atoms with Crippen LogP contribution in [0.25, 0.3) is 0 Å². The maximum Gasteiger partial charge on any atom is 0.311 e. The Bertz CT molecular complexity index is 1370. The highest BCUT2D eigenvalue weighted by Crippen LogP contribution is 2.75. The number of piperidine rings is 2. The van der Waals surface area contributed by atoms with Gasteiger partial charge in [-0.15, -0.1) is 0 Å². The van der Waals surface area contributed by atoms with Gasteiger partial charge in [-0.1, -0.05) is 53.5 Å². The molecule has 11 atom stereocenters. The van der Waals surface area contributed by atoms with Gasteiger partial charge in [-0.25, -0.2) is 0 Å². The fourth-order valence-electron chi connectivity index (χ4n) is 13.9. The van der Waals surface area contributed by atoms with E-state index in [1.54, 1.807) is 0 Å². The van der Waals surface area contributed by atoms with Gasteiger partial charge in [0, 0.05) is 30.2 Å². The minimum atomic E-state index is -0.520. The Balaban J connectivity index is 1.15. The van der Waals surface area contributed by atoms with Crippen LogP contribution < -0.4 is 0 Å². The van der Waals surface area contributed by atoms with Gasteiger partial charge in [0.15, 0.2) is 5.78 Å². The highest BCUT2D eigenvalue weighted by Gasteiger charge is 2.70. The molecule has 6 fully saturated rings. The summed E-state index contributed by atoms with van der Waals surface area (Å²) >= 11 is 0. The molecule has 2 heterocycles. The van der Waals surface area contributed by atoms with E-state index >= 15 is 0 Å². The lowest BCUT2D eigenvalue weighted by molar-refractivity contribution is -0.210. The van der Waals surface area contributed by atoms with Gasteiger partial charge >= 0.3 is 11.9 Å². The first kappa shape index (κ1) is 34.7. The van der Waals surface area contributed by atoms with Gasteiger partial charge in [-0.2, -0.15) is 0 Å². The quantitative estimate of drug-likeness (QED) is 0.280. The number of rotatable bonds is 4. The Morgan fingerprint density at radius 2 is 1.58 bits per heavy atom. The van der Waals surface area contributed by atoms with Crippen LogP contribution in [0, 0.1) is 56.2 Å². The SMILES string of the molecule is CC(=O)OC1CCC2(C)C(CCC3(C)C2C(=O)C=C2C4CC(C)(C(=O)OC[C@H]5CCCN6CCCCC56)CCC4(C)CCC23C)C1(C)C. The topological polar surface area (TPSA) is 72.9 Å². The Morgan fingerprint density at radius 3 is 2.33 bits per heavy atom. The molecule has 6 nitrogen and oxygen atoms in total. The van der Waals surface area contributed by atoms with Crippen molar-refractivity contribution in [3.63, 3.8) is 0 Å². The van der Waals surface area contributed by atoms with Crippen molar-refractivity contribution < 1.29 is 23.9 Å². The van der Waals surface area contributed by atoms with E-state index < -0.39 is 5.41 Å². The molecule has 2 aliphatic heterocycles. The Labute approximate surface area is 290 Å². The highest BCUT2D eigenvalue weighted by molar-refractivity contribution is 5.95. The molecule has 268 valence electrons. The van der Waals surface area contributed by atoms with Crippen LogP contribution in [0.4, 0.5) is 0 Å². The number of ether oxygens (including phenoxy) is 2. The predicted octanol–water partition coefficient (Wildman–Crippen LogP) is 8.71. The third kappa shape index (κ3) is 5.05. The van der Waals surface area contributed by atoms with Crippen molar-refractivity contribution in [3.8, 4) is 0 Å². The molecule has 0 radical (unpaired) electrons. The lowest BCUT2D eigenvalue weighted by Crippen LogP contribution is -2.66. The van der Waals surface area contributed by atoms with Crippen molar-refractivity contribution >= 4 is 17.7 Å². The van der Waals surface area contributed by atoms with Crippen molar-refractivity contribution in [2.45, 2.75) is 157 Å². The molecular weight excluding hydrogens is 598 g/mol. The van der Waals surface area contributed by atoms with Crippen LogP contribution in [-0.2, 0) is 23.9 Å². The second-order valence-corrected chi connectivity index (χ2v) is 19.8. The maximum absolute atomic E-state index is 14.8. The summed E-state index contributed by atoms with van der Waals surface area (Å²) < 4.78 is 12.2. The molecule has 7 rings (SSSR count). The van der Waals surface area contributed by atoms with Crippen LogP contribution in [0.5, 0.6) is 0 Å². The number of carbonyl (C=O) groups excluding carboxylic acids is 3. The zero-order valence-corrected chi connectivity index (χ0v) is 31.6. The molecule has 6 heteroatoms. The van der Waals surface area contributed by atoms with Crippen LogP contribution in [0.3, 0.4) is 0 Å². The molecule has 0 N–H and O–H groups in total. The summed E-state index contributed by atoms with van der Waals surface area (Å²) in [5.74, 6) is 1.05. The smallest absolute Gasteiger partial charge is 0.311 e. The summed E-state index contributed by atoms with van der Waals surface area (Å²) in [5, 5.41) is 0. The summed E-state index contributed by atoms with van der Waals surface area (Å²) in [6.45, 7) is 21.0. The summed E-state index contributed by atoms with van der Waals surface area (Å²) in [4.78, 5) is 43.6. The average Bonchev–Trinajstić information content (AvgIpc) is 3.03. The molecular formula is C42H65NO5. The summed E-state index contributed by atoms with van der Waals surface area (Å²) in [6, 6.07) is 0.577. The van der Waals surface area contributed by atoms with E-state index in [0.717, 1.165) is 57.8 Å². The largest absolute Gasteiger partial charge is 0.465 e. The molecule has 0 spiro atoms. The van der Waals surface area contributed by atoms with Crippen LogP contribution in [-0.4, -0.2) is 54.5 Å². The van der Waals surface area contributed by atoms with E-state index in [0.29, 0.717) is 30.3 Å². The first-order valence-corrected chi connectivity index (χ1v) is 19.8. The molecule has 10 unspecified atom stereocenters. The molecule has 0 aromatic heterocycles. The van der Waals surface area contributed by atoms with Gasteiger partial charge in [-0.05, 0) is 143 Å². The monoisotopic (exact) mass is 663 g/mol. The van der Waals surface area contributed by atoms with Gasteiger partial charge in [0.2, 0.25) is 0 Å². The van der Waals surface area contributed by atoms with E-state index in [-0.39, 0.29) is 57.0 Å². The minimum Gasteiger partial charge on any atom is -0.465 e. The molecule has 0 amide bonds. The molecule has 0 aromatic carbocycles. The zero-order chi connectivity index (χ0) is 34.5. The number of nitrogens with zero attached hydrogens (tertiary/aromatic N) is 1. The van der Waals surface area contributed by atoms with E-state index in [4.69, 9.17) is 9.47 Å². The summed E-state index contributed by atoms with van der Waals surface area (Å²) in [6.07, 6.45) is 16.9. The zero-order valence-electron chi connectivity index (χ0n) is 31.6. The fourth-order valence-corrected chi connectivity index (χ4v) is 13.9. The number of allylic oxidation sites excluding steroid dienone is 2. The molecule has 7 aliphatic rings. The van der Waals surface area contributed by atoms with Crippen molar-refractivity contribution in [1.29, 1.82) is 0 Å². The third-order valence-corrected chi connectivity index (χ3v) is 17.0. The van der Waals surface area contributed by atoms with E-state index in [1.807, 2.05) is 0 Å². The van der Waals surface area contributed by atoms with Crippen LogP contribution in [0.15, 0.2) is 11.6 Å². The average molecular weight is 664 g/mol. The molecule has 2 saturated heterocycles. The predicted molar refractivity (Wildman–Crippen MR) is 188 cm³/mol. The van der Waals surface area contributed by atoms with Crippen molar-refractivity contribution in [3.05, 3.63) is 11.6 Å². The number of carbonyl (C=O) groups is 3. The van der Waals surface area contributed by atoms with E-state index in [1.165, 1.54) is 57.7 Å². The van der Waals surface area contributed by atoms with Gasteiger partial charge in [0.05, 0.1) is 12.0 Å². The normalized spacial score (nSPS) is 48.4. The number of fused-ring (bicyclic) bond motifs is 8. The first-order chi connectivity index (χ1) is 22.5. The van der Waals surface area contributed by atoms with Gasteiger partial charge in [-0.3, -0.25) is 19.3 Å². The summed E-state index contributed by atoms with van der Waals surface area (Å²) in [5.41, 5.74) is 0.364. The molecule has 4 saturated carbocycles. The maximum atomic E-state index is 14.8. The Kier molecular flexibility index (Phi) is 8.45. The van der Waals surface area contributed by atoms with Crippen LogP contribution in [0.2, 0.25) is 0 Å². The molecule has 48 heavy (non-hydrogen) atoms. The third-order valence-electron chi connectivity index (χ3n) is 17.0. The molecule has 0 aromatic rings. The van der Waals surface area contributed by atoms with Gasteiger partial charge in [0.1, 0.15) is 6.10 Å². The standard InChI is InChI=1S/C42H65NO5/c1-27(44)48-34-15-16-40(6)33(37(34,2)3)14-17-42(8)35(40)32(45)24-29-30-25-39(5,19-18-38(30,4)20-21-41(29,42)7)36(46)47-26-28-12-11-23-43-22-10-9-13-31(28)43/h24,28,30-31,33-35H,9-23,25-26H2,1-8H3/t28-,30?,31?,33?,34?,35?,38?,39?,40?,41?,42?/m1/s1. The van der Waals surface area contributed by atoms with Gasteiger partial charge in [0.25, 0.3) is 0 Å². The fraction of sp³-hybridized carbons (Fsp3) is 0.881. The highest BCUT2D eigenvalue weighted by atomic mass is 16.5. The lowest BCUT2D eigenvalue weighted by Gasteiger charge is -2.70. The van der Waals surface area contributed by atoms with E-state index in [9.17, 15) is 14.4 Å². The van der Waals surface area contributed by atoms with Crippen LogP contribution >= 0.6 is 0 Å². The second-order valence-electron chi connectivity index (χ2n) is 19.8. The number of ketones is 1. The number of hydrogen-bond acceptors (Lipinski definition) is 6. The minimum absolute atomic E-state index is 0.00336.